The molecule has 0 radical (unpaired) electrons. The van der Waals surface area contributed by atoms with Gasteiger partial charge in [0.1, 0.15) is 24.4 Å². The lowest BCUT2D eigenvalue weighted by Crippen LogP contribution is -2.30. The smallest absolute Gasteiger partial charge is 0.246 e. The molecule has 3 aromatic rings. The number of nitrogens with one attached hydrogen (secondary N) is 2. The summed E-state index contributed by atoms with van der Waals surface area (Å²) in [4.78, 5) is 25.2. The summed E-state index contributed by atoms with van der Waals surface area (Å²) < 4.78 is 18.9. The molecular formula is C22H20FN5O2. The Hall–Kier alpha value is -3.86. The van der Waals surface area contributed by atoms with Crippen LogP contribution in [0.15, 0.2) is 49.3 Å². The zero-order chi connectivity index (χ0) is 20.9. The zero-order valence-corrected chi connectivity index (χ0v) is 16.2. The summed E-state index contributed by atoms with van der Waals surface area (Å²) in [5, 5.41) is 4.20. The van der Waals surface area contributed by atoms with Crippen LogP contribution in [0.25, 0.3) is 11.0 Å². The quantitative estimate of drug-likeness (QED) is 0.504. The van der Waals surface area contributed by atoms with E-state index in [2.05, 4.69) is 38.7 Å². The fraction of sp³-hybridized carbons (Fsp3) is 0.227. The first-order valence-electron chi connectivity index (χ1n) is 9.52. The van der Waals surface area contributed by atoms with Crippen molar-refractivity contribution in [2.75, 3.05) is 25.0 Å². The lowest BCUT2D eigenvalue weighted by atomic mass is 10.2. The standard InChI is InChI=1S/C22H20FN5O2/c1-2-20(29)28-10-9-16(13-28)27-22-17-12-15(26-21(17)24-14-25-22)6-5-11-30-19-8-4-3-7-18(19)23/h2-4,7-8,12,14,16H,1,9-11,13H2,(H2,24,25,26,27)/t16-/m0/s1. The van der Waals surface area contributed by atoms with E-state index in [1.807, 2.05) is 6.07 Å². The number of halogens is 1. The Kier molecular flexibility index (Phi) is 5.61. The second-order valence-corrected chi connectivity index (χ2v) is 6.81. The number of para-hydroxylation sites is 1. The van der Waals surface area contributed by atoms with Gasteiger partial charge in [-0.05, 0) is 36.6 Å². The molecule has 1 aliphatic heterocycles. The Balaban J connectivity index is 1.43. The Labute approximate surface area is 173 Å². The van der Waals surface area contributed by atoms with Gasteiger partial charge in [-0.2, -0.15) is 0 Å². The average Bonchev–Trinajstić information content (AvgIpc) is 3.39. The molecule has 0 aliphatic carbocycles. The molecular weight excluding hydrogens is 385 g/mol. The van der Waals surface area contributed by atoms with Crippen LogP contribution in [0.3, 0.4) is 0 Å². The topological polar surface area (TPSA) is 83.1 Å². The molecule has 1 saturated heterocycles. The van der Waals surface area contributed by atoms with Crippen LogP contribution in [0.1, 0.15) is 12.1 Å². The van der Waals surface area contributed by atoms with E-state index in [-0.39, 0.29) is 24.3 Å². The lowest BCUT2D eigenvalue weighted by molar-refractivity contribution is -0.125. The third-order valence-corrected chi connectivity index (χ3v) is 4.80. The molecule has 30 heavy (non-hydrogen) atoms. The van der Waals surface area contributed by atoms with Crippen LogP contribution in [0.2, 0.25) is 0 Å². The van der Waals surface area contributed by atoms with Gasteiger partial charge < -0.3 is 19.9 Å². The Morgan fingerprint density at radius 3 is 3.13 bits per heavy atom. The van der Waals surface area contributed by atoms with Crippen LogP contribution in [0.5, 0.6) is 5.75 Å². The zero-order valence-electron chi connectivity index (χ0n) is 16.2. The molecule has 2 aromatic heterocycles. The van der Waals surface area contributed by atoms with E-state index in [1.165, 1.54) is 18.5 Å². The molecule has 0 bridgehead atoms. The van der Waals surface area contributed by atoms with Gasteiger partial charge in [-0.15, -0.1) is 0 Å². The van der Waals surface area contributed by atoms with Crippen molar-refractivity contribution in [3.63, 3.8) is 0 Å². The number of aromatic nitrogens is 3. The van der Waals surface area contributed by atoms with Crippen molar-refractivity contribution in [2.24, 2.45) is 0 Å². The largest absolute Gasteiger partial charge is 0.478 e. The van der Waals surface area contributed by atoms with Crippen molar-refractivity contribution >= 4 is 22.8 Å². The highest BCUT2D eigenvalue weighted by Crippen LogP contribution is 2.23. The number of nitrogens with zero attached hydrogens (tertiary/aromatic N) is 3. The summed E-state index contributed by atoms with van der Waals surface area (Å²) in [6, 6.07) is 8.16. The van der Waals surface area contributed by atoms with Crippen LogP contribution < -0.4 is 10.1 Å². The second kappa shape index (κ2) is 8.66. The summed E-state index contributed by atoms with van der Waals surface area (Å²) in [5.41, 5.74) is 1.31. The maximum atomic E-state index is 13.6. The Morgan fingerprint density at radius 2 is 2.30 bits per heavy atom. The van der Waals surface area contributed by atoms with Gasteiger partial charge in [0.05, 0.1) is 11.1 Å². The molecule has 3 heterocycles. The van der Waals surface area contributed by atoms with Gasteiger partial charge in [0, 0.05) is 19.1 Å². The first-order valence-corrected chi connectivity index (χ1v) is 9.52. The SMILES string of the molecule is C=CC(=O)N1CC[C@H](Nc2ncnc3[nH]c(C#CCOc4ccccc4F)cc23)C1. The second-order valence-electron chi connectivity index (χ2n) is 6.81. The number of hydrogen-bond donors (Lipinski definition) is 2. The maximum Gasteiger partial charge on any atom is 0.246 e. The third kappa shape index (κ3) is 4.25. The third-order valence-electron chi connectivity index (χ3n) is 4.80. The van der Waals surface area contributed by atoms with Crippen LogP contribution in [0, 0.1) is 17.7 Å². The summed E-state index contributed by atoms with van der Waals surface area (Å²) in [6.45, 7) is 4.87. The predicted octanol–water partition coefficient (Wildman–Crippen LogP) is 2.73. The molecule has 2 N–H and O–H groups in total. The van der Waals surface area contributed by atoms with E-state index in [0.717, 1.165) is 11.8 Å². The van der Waals surface area contributed by atoms with Crippen LogP contribution in [-0.2, 0) is 4.79 Å². The van der Waals surface area contributed by atoms with Gasteiger partial charge in [-0.3, -0.25) is 4.79 Å². The van der Waals surface area contributed by atoms with E-state index in [4.69, 9.17) is 4.74 Å². The molecule has 1 atom stereocenters. The summed E-state index contributed by atoms with van der Waals surface area (Å²) in [5.74, 6) is 6.19. The monoisotopic (exact) mass is 405 g/mol. The molecule has 1 fully saturated rings. The summed E-state index contributed by atoms with van der Waals surface area (Å²) in [6.07, 6.45) is 3.63. The fourth-order valence-corrected chi connectivity index (χ4v) is 3.33. The van der Waals surface area contributed by atoms with E-state index < -0.39 is 5.82 Å². The van der Waals surface area contributed by atoms with Crippen molar-refractivity contribution in [2.45, 2.75) is 12.5 Å². The van der Waals surface area contributed by atoms with E-state index in [9.17, 15) is 9.18 Å². The molecule has 1 aliphatic rings. The Bertz CT molecular complexity index is 1150. The molecule has 0 saturated carbocycles. The number of carbonyl (C=O) groups excluding carboxylic acids is 1. The number of benzene rings is 1. The molecule has 0 unspecified atom stereocenters. The van der Waals surface area contributed by atoms with Crippen LogP contribution in [0.4, 0.5) is 10.2 Å². The Morgan fingerprint density at radius 1 is 1.43 bits per heavy atom. The molecule has 7 nitrogen and oxygen atoms in total. The van der Waals surface area contributed by atoms with Crippen molar-refractivity contribution in [1.82, 2.24) is 19.9 Å². The number of likely N-dealkylation sites (tertiary alicyclic amines) is 1. The van der Waals surface area contributed by atoms with Crippen LogP contribution >= 0.6 is 0 Å². The minimum atomic E-state index is -0.420. The number of aromatic amines is 1. The first-order chi connectivity index (χ1) is 14.6. The van der Waals surface area contributed by atoms with Crippen molar-refractivity contribution < 1.29 is 13.9 Å². The average molecular weight is 405 g/mol. The number of hydrogen-bond acceptors (Lipinski definition) is 5. The number of rotatable bonds is 5. The number of fused-ring (bicyclic) bond motifs is 1. The van der Waals surface area contributed by atoms with Crippen molar-refractivity contribution in [1.29, 1.82) is 0 Å². The molecule has 0 spiro atoms. The van der Waals surface area contributed by atoms with Crippen molar-refractivity contribution in [3.05, 3.63) is 60.8 Å². The highest BCUT2D eigenvalue weighted by Gasteiger charge is 2.25. The highest BCUT2D eigenvalue weighted by atomic mass is 19.1. The molecule has 4 rings (SSSR count). The number of anilines is 1. The molecule has 1 amide bonds. The van der Waals surface area contributed by atoms with Gasteiger partial charge in [-0.1, -0.05) is 24.6 Å². The fourth-order valence-electron chi connectivity index (χ4n) is 3.33. The summed E-state index contributed by atoms with van der Waals surface area (Å²) >= 11 is 0. The summed E-state index contributed by atoms with van der Waals surface area (Å²) in [7, 11) is 0. The van der Waals surface area contributed by atoms with Gasteiger partial charge >= 0.3 is 0 Å². The molecule has 1 aromatic carbocycles. The number of carbonyl (C=O) groups is 1. The maximum absolute atomic E-state index is 13.6. The first kappa shape index (κ1) is 19.5. The van der Waals surface area contributed by atoms with Gasteiger partial charge in [0.2, 0.25) is 5.91 Å². The van der Waals surface area contributed by atoms with E-state index >= 15 is 0 Å². The van der Waals surface area contributed by atoms with Crippen molar-refractivity contribution in [3.8, 4) is 17.6 Å². The normalized spacial score (nSPS) is 15.5. The lowest BCUT2D eigenvalue weighted by Gasteiger charge is -2.15. The predicted molar refractivity (Wildman–Crippen MR) is 111 cm³/mol. The minimum absolute atomic E-state index is 0.0579. The van der Waals surface area contributed by atoms with E-state index in [0.29, 0.717) is 30.2 Å². The number of ether oxygens (including phenoxy) is 1. The minimum Gasteiger partial charge on any atom is -0.478 e. The highest BCUT2D eigenvalue weighted by molar-refractivity contribution is 5.89. The number of H-pyrrole nitrogens is 1. The van der Waals surface area contributed by atoms with Gasteiger partial charge in [0.25, 0.3) is 0 Å². The van der Waals surface area contributed by atoms with E-state index in [1.54, 1.807) is 23.1 Å². The number of amides is 1. The molecule has 8 heteroatoms. The molecule has 152 valence electrons. The van der Waals surface area contributed by atoms with Crippen LogP contribution in [-0.4, -0.2) is 51.5 Å². The van der Waals surface area contributed by atoms with Gasteiger partial charge in [-0.25, -0.2) is 14.4 Å². The van der Waals surface area contributed by atoms with Gasteiger partial charge in [0.15, 0.2) is 11.6 Å².